The van der Waals surface area contributed by atoms with Gasteiger partial charge >= 0.3 is 18.0 Å². The van der Waals surface area contributed by atoms with Crippen LogP contribution in [0.1, 0.15) is 41.5 Å². The van der Waals surface area contributed by atoms with Crippen molar-refractivity contribution in [1.29, 1.82) is 0 Å². The Bertz CT molecular complexity index is 931. The summed E-state index contributed by atoms with van der Waals surface area (Å²) in [7, 11) is 0. The molecule has 0 saturated heterocycles. The fourth-order valence-corrected chi connectivity index (χ4v) is 2.06. The summed E-state index contributed by atoms with van der Waals surface area (Å²) in [5.41, 5.74) is 4.58. The molecule has 0 radical (unpaired) electrons. The van der Waals surface area contributed by atoms with Gasteiger partial charge in [0, 0.05) is 0 Å². The molecule has 0 aliphatic heterocycles. The number of anilines is 2. The molecule has 0 aliphatic carbocycles. The van der Waals surface area contributed by atoms with Crippen LogP contribution in [-0.4, -0.2) is 43.8 Å². The third kappa shape index (κ3) is 8.20. The van der Waals surface area contributed by atoms with Crippen LogP contribution < -0.4 is 11.1 Å². The minimum Gasteiger partial charge on any atom is -0.478 e. The first-order chi connectivity index (χ1) is 13.3. The molecule has 2 rings (SSSR count). The standard InChI is InChI=1S/C11H13ClN2O4.C6H5ClN2O2/c1-11(2,3)18-10(17)14-7-5-13-8(12)4-6(7)9(15)16;7-5-1-3(6(10)11)4(8)2-9-5/h4-5H,1-3H3,(H,14,17)(H,15,16);1-2H,8H2,(H,10,11). The molecule has 0 atom stereocenters. The van der Waals surface area contributed by atoms with Gasteiger partial charge in [0.15, 0.2) is 0 Å². The number of hydrogen-bond acceptors (Lipinski definition) is 7. The Kier molecular flexibility index (Phi) is 8.16. The molecule has 0 bridgehead atoms. The predicted octanol–water partition coefficient (Wildman–Crippen LogP) is 3.80. The molecule has 1 amide bonds. The molecule has 0 spiro atoms. The van der Waals surface area contributed by atoms with E-state index in [1.165, 1.54) is 12.3 Å². The van der Waals surface area contributed by atoms with Crippen molar-refractivity contribution in [1.82, 2.24) is 9.97 Å². The first kappa shape index (κ1) is 23.9. The number of aromatic carboxylic acids is 2. The van der Waals surface area contributed by atoms with Gasteiger partial charge in [0.25, 0.3) is 0 Å². The molecule has 0 fully saturated rings. The molecule has 2 heterocycles. The largest absolute Gasteiger partial charge is 0.478 e. The van der Waals surface area contributed by atoms with Crippen LogP contribution in [0.25, 0.3) is 0 Å². The van der Waals surface area contributed by atoms with E-state index in [1.54, 1.807) is 20.8 Å². The van der Waals surface area contributed by atoms with E-state index in [2.05, 4.69) is 15.3 Å². The Morgan fingerprint density at radius 3 is 1.93 bits per heavy atom. The van der Waals surface area contributed by atoms with Crippen molar-refractivity contribution in [2.24, 2.45) is 0 Å². The van der Waals surface area contributed by atoms with Gasteiger partial charge in [0.1, 0.15) is 15.9 Å². The maximum atomic E-state index is 11.5. The average Bonchev–Trinajstić information content (AvgIpc) is 2.57. The van der Waals surface area contributed by atoms with Gasteiger partial charge in [-0.2, -0.15) is 0 Å². The van der Waals surface area contributed by atoms with Crippen LogP contribution in [0.2, 0.25) is 10.3 Å². The molecule has 0 aliphatic rings. The van der Waals surface area contributed by atoms with Crippen molar-refractivity contribution >= 4 is 52.6 Å². The number of rotatable bonds is 3. The molecule has 29 heavy (non-hydrogen) atoms. The number of halogens is 2. The number of carboxylic acids is 2. The van der Waals surface area contributed by atoms with Gasteiger partial charge in [-0.25, -0.2) is 24.4 Å². The average molecular weight is 445 g/mol. The molecule has 2 aromatic heterocycles. The number of amides is 1. The fourth-order valence-electron chi connectivity index (χ4n) is 1.75. The zero-order valence-electron chi connectivity index (χ0n) is 15.6. The molecule has 10 nitrogen and oxygen atoms in total. The van der Waals surface area contributed by atoms with Gasteiger partial charge < -0.3 is 20.7 Å². The third-order valence-electron chi connectivity index (χ3n) is 2.87. The summed E-state index contributed by atoms with van der Waals surface area (Å²) in [4.78, 5) is 40.2. The second-order valence-electron chi connectivity index (χ2n) is 6.38. The lowest BCUT2D eigenvalue weighted by molar-refractivity contribution is 0.0634. The number of nitrogens with two attached hydrogens (primary N) is 1. The van der Waals surface area contributed by atoms with E-state index in [-0.39, 0.29) is 32.8 Å². The number of nitrogens with one attached hydrogen (secondary N) is 1. The highest BCUT2D eigenvalue weighted by molar-refractivity contribution is 6.30. The maximum absolute atomic E-state index is 11.5. The van der Waals surface area contributed by atoms with Crippen molar-refractivity contribution in [3.05, 3.63) is 46.0 Å². The smallest absolute Gasteiger partial charge is 0.412 e. The summed E-state index contributed by atoms with van der Waals surface area (Å²) in [5, 5.41) is 19.9. The summed E-state index contributed by atoms with van der Waals surface area (Å²) in [6, 6.07) is 2.36. The van der Waals surface area contributed by atoms with Crippen LogP contribution in [0, 0.1) is 0 Å². The Labute approximate surface area is 175 Å². The molecule has 156 valence electrons. The predicted molar refractivity (Wildman–Crippen MR) is 107 cm³/mol. The van der Waals surface area contributed by atoms with E-state index in [1.807, 2.05) is 0 Å². The highest BCUT2D eigenvalue weighted by Gasteiger charge is 2.19. The molecule has 2 aromatic rings. The van der Waals surface area contributed by atoms with E-state index in [4.69, 9.17) is 43.9 Å². The van der Waals surface area contributed by atoms with Crippen LogP contribution in [-0.2, 0) is 4.74 Å². The van der Waals surface area contributed by atoms with Gasteiger partial charge in [0.2, 0.25) is 0 Å². The lowest BCUT2D eigenvalue weighted by atomic mass is 10.2. The van der Waals surface area contributed by atoms with Gasteiger partial charge in [-0.15, -0.1) is 0 Å². The molecule has 5 N–H and O–H groups in total. The lowest BCUT2D eigenvalue weighted by Gasteiger charge is -2.20. The Morgan fingerprint density at radius 2 is 1.48 bits per heavy atom. The van der Waals surface area contributed by atoms with Crippen LogP contribution >= 0.6 is 23.2 Å². The number of hydrogen-bond donors (Lipinski definition) is 4. The van der Waals surface area contributed by atoms with Crippen molar-refractivity contribution in [3.63, 3.8) is 0 Å². The van der Waals surface area contributed by atoms with Gasteiger partial charge in [0.05, 0.1) is 34.9 Å². The topological polar surface area (TPSA) is 165 Å². The monoisotopic (exact) mass is 444 g/mol. The van der Waals surface area contributed by atoms with Crippen LogP contribution in [0.5, 0.6) is 0 Å². The number of ether oxygens (including phenoxy) is 1. The van der Waals surface area contributed by atoms with Crippen molar-refractivity contribution in [3.8, 4) is 0 Å². The summed E-state index contributed by atoms with van der Waals surface area (Å²) in [5.74, 6) is -2.32. The van der Waals surface area contributed by atoms with E-state index in [9.17, 15) is 14.4 Å². The summed E-state index contributed by atoms with van der Waals surface area (Å²) in [6.45, 7) is 5.10. The second kappa shape index (κ2) is 9.89. The van der Waals surface area contributed by atoms with Gasteiger partial charge in [-0.3, -0.25) is 5.32 Å². The lowest BCUT2D eigenvalue weighted by Crippen LogP contribution is -2.27. The van der Waals surface area contributed by atoms with Crippen LogP contribution in [0.15, 0.2) is 24.5 Å². The number of carboxylic acid groups (broad SMARTS) is 2. The maximum Gasteiger partial charge on any atom is 0.412 e. The number of carbonyl (C=O) groups excluding carboxylic acids is 1. The van der Waals surface area contributed by atoms with Gasteiger partial charge in [-0.1, -0.05) is 23.2 Å². The van der Waals surface area contributed by atoms with Crippen molar-refractivity contribution < 1.29 is 29.3 Å². The summed E-state index contributed by atoms with van der Waals surface area (Å²) < 4.78 is 5.00. The number of aromatic nitrogens is 2. The zero-order valence-corrected chi connectivity index (χ0v) is 17.1. The molecule has 12 heteroatoms. The fraction of sp³-hybridized carbons (Fsp3) is 0.235. The molecular formula is C17H18Cl2N4O6. The first-order valence-corrected chi connectivity index (χ1v) is 8.59. The van der Waals surface area contributed by atoms with E-state index < -0.39 is 23.6 Å². The molecular weight excluding hydrogens is 427 g/mol. The van der Waals surface area contributed by atoms with E-state index >= 15 is 0 Å². The second-order valence-corrected chi connectivity index (χ2v) is 7.16. The van der Waals surface area contributed by atoms with Crippen molar-refractivity contribution in [2.45, 2.75) is 26.4 Å². The van der Waals surface area contributed by atoms with Crippen LogP contribution in [0.3, 0.4) is 0 Å². The highest BCUT2D eigenvalue weighted by atomic mass is 35.5. The number of nitrogens with zero attached hydrogens (tertiary/aromatic N) is 2. The number of nitrogen functional groups attached to an aromatic ring is 1. The van der Waals surface area contributed by atoms with Crippen molar-refractivity contribution in [2.75, 3.05) is 11.1 Å². The van der Waals surface area contributed by atoms with Crippen LogP contribution in [0.4, 0.5) is 16.2 Å². The SMILES string of the molecule is CC(C)(C)OC(=O)Nc1cnc(Cl)cc1C(=O)O.Nc1cnc(Cl)cc1C(=O)O. The summed E-state index contributed by atoms with van der Waals surface area (Å²) >= 11 is 11.0. The highest BCUT2D eigenvalue weighted by Crippen LogP contribution is 2.19. The first-order valence-electron chi connectivity index (χ1n) is 7.83. The minimum atomic E-state index is -1.22. The minimum absolute atomic E-state index is 0.0231. The Balaban J connectivity index is 0.000000326. The molecule has 0 unspecified atom stereocenters. The molecule has 0 aromatic carbocycles. The Morgan fingerprint density at radius 1 is 1.00 bits per heavy atom. The number of pyridine rings is 2. The van der Waals surface area contributed by atoms with E-state index in [0.29, 0.717) is 0 Å². The quantitative estimate of drug-likeness (QED) is 0.514. The zero-order chi connectivity index (χ0) is 22.4. The third-order valence-corrected chi connectivity index (χ3v) is 3.28. The summed E-state index contributed by atoms with van der Waals surface area (Å²) in [6.07, 6.45) is 1.62. The van der Waals surface area contributed by atoms with E-state index in [0.717, 1.165) is 12.3 Å². The van der Waals surface area contributed by atoms with Gasteiger partial charge in [-0.05, 0) is 32.9 Å². The normalized spacial score (nSPS) is 10.4. The number of carbonyl (C=O) groups is 3. The molecule has 0 saturated carbocycles. The Hall–Kier alpha value is -3.11.